The quantitative estimate of drug-likeness (QED) is 0.683. The zero-order chi connectivity index (χ0) is 18.1. The van der Waals surface area contributed by atoms with Gasteiger partial charge in [-0.3, -0.25) is 4.79 Å². The van der Waals surface area contributed by atoms with E-state index in [2.05, 4.69) is 10.5 Å². The molecule has 1 unspecified atom stereocenters. The smallest absolute Gasteiger partial charge is 0.273 e. The van der Waals surface area contributed by atoms with Crippen molar-refractivity contribution in [3.8, 4) is 5.75 Å². The van der Waals surface area contributed by atoms with Gasteiger partial charge in [-0.15, -0.1) is 0 Å². The molecule has 0 fully saturated rings. The van der Waals surface area contributed by atoms with Crippen LogP contribution in [0.25, 0.3) is 0 Å². The molecule has 0 radical (unpaired) electrons. The van der Waals surface area contributed by atoms with Crippen molar-refractivity contribution < 1.29 is 23.9 Å². The Morgan fingerprint density at radius 2 is 2.20 bits per heavy atom. The van der Waals surface area contributed by atoms with Crippen LogP contribution < -0.4 is 10.1 Å². The Balaban J connectivity index is 1.77. The lowest BCUT2D eigenvalue weighted by molar-refractivity contribution is 0.0876. The van der Waals surface area contributed by atoms with E-state index in [0.717, 1.165) is 11.3 Å². The molecule has 7 heteroatoms. The largest absolute Gasteiger partial charge is 0.497 e. The van der Waals surface area contributed by atoms with Crippen molar-refractivity contribution in [3.63, 3.8) is 0 Å². The first-order valence-electron chi connectivity index (χ1n) is 8.17. The van der Waals surface area contributed by atoms with Crippen molar-refractivity contribution in [2.24, 2.45) is 5.92 Å². The zero-order valence-corrected chi connectivity index (χ0v) is 14.5. The second kappa shape index (κ2) is 9.80. The highest BCUT2D eigenvalue weighted by Crippen LogP contribution is 2.14. The highest BCUT2D eigenvalue weighted by molar-refractivity contribution is 5.92. The van der Waals surface area contributed by atoms with E-state index in [1.54, 1.807) is 13.2 Å². The van der Waals surface area contributed by atoms with Crippen LogP contribution in [0.3, 0.4) is 0 Å². The molecule has 25 heavy (non-hydrogen) atoms. The molecular formula is C18H24N2O5. The van der Waals surface area contributed by atoms with Gasteiger partial charge in [0.15, 0.2) is 11.5 Å². The van der Waals surface area contributed by atoms with Crippen molar-refractivity contribution in [3.05, 3.63) is 47.3 Å². The maximum atomic E-state index is 12.0. The van der Waals surface area contributed by atoms with Crippen LogP contribution in [-0.4, -0.2) is 36.4 Å². The predicted molar refractivity (Wildman–Crippen MR) is 91.2 cm³/mol. The number of amides is 1. The van der Waals surface area contributed by atoms with Crippen LogP contribution in [0, 0.1) is 5.92 Å². The van der Waals surface area contributed by atoms with Gasteiger partial charge in [-0.2, -0.15) is 0 Å². The van der Waals surface area contributed by atoms with Crippen molar-refractivity contribution in [1.82, 2.24) is 10.5 Å². The molecule has 1 amide bonds. The number of nitrogens with one attached hydrogen (secondary N) is 1. The number of aromatic nitrogens is 1. The van der Waals surface area contributed by atoms with Crippen LogP contribution in [0.5, 0.6) is 5.75 Å². The molecule has 1 heterocycles. The third-order valence-electron chi connectivity index (χ3n) is 3.67. The molecule has 2 N–H and O–H groups in total. The number of hydrogen-bond acceptors (Lipinski definition) is 6. The van der Waals surface area contributed by atoms with E-state index >= 15 is 0 Å². The van der Waals surface area contributed by atoms with E-state index < -0.39 is 0 Å². The molecule has 0 bridgehead atoms. The number of aliphatic hydroxyl groups excluding tert-OH is 1. The number of methoxy groups -OCH3 is 1. The van der Waals surface area contributed by atoms with Crippen LogP contribution in [0.2, 0.25) is 0 Å². The number of ether oxygens (including phenoxy) is 2. The lowest BCUT2D eigenvalue weighted by Gasteiger charge is -2.09. The van der Waals surface area contributed by atoms with E-state index in [4.69, 9.17) is 19.1 Å². The van der Waals surface area contributed by atoms with Crippen molar-refractivity contribution in [2.75, 3.05) is 20.3 Å². The van der Waals surface area contributed by atoms with Crippen molar-refractivity contribution in [2.45, 2.75) is 26.6 Å². The van der Waals surface area contributed by atoms with Crippen molar-refractivity contribution in [1.29, 1.82) is 0 Å². The average molecular weight is 348 g/mol. The number of rotatable bonds is 10. The summed E-state index contributed by atoms with van der Waals surface area (Å²) in [4.78, 5) is 12.0. The molecule has 0 aliphatic carbocycles. The molecule has 1 aromatic carbocycles. The highest BCUT2D eigenvalue weighted by atomic mass is 16.5. The minimum atomic E-state index is -0.299. The van der Waals surface area contributed by atoms with Gasteiger partial charge in [-0.1, -0.05) is 24.2 Å². The highest BCUT2D eigenvalue weighted by Gasteiger charge is 2.13. The first-order valence-corrected chi connectivity index (χ1v) is 8.17. The molecular weight excluding hydrogens is 324 g/mol. The van der Waals surface area contributed by atoms with Gasteiger partial charge in [0.2, 0.25) is 0 Å². The normalized spacial score (nSPS) is 12.0. The number of aliphatic hydroxyl groups is 1. The summed E-state index contributed by atoms with van der Waals surface area (Å²) in [6.45, 7) is 3.16. The summed E-state index contributed by atoms with van der Waals surface area (Å²) in [7, 11) is 1.62. The third-order valence-corrected chi connectivity index (χ3v) is 3.67. The number of hydrogen-bond donors (Lipinski definition) is 2. The SMILES string of the molecule is COc1cccc(COCc2cc(C(=O)NCC(C)CCO)no2)c1. The van der Waals surface area contributed by atoms with Gasteiger partial charge in [-0.05, 0) is 30.0 Å². The summed E-state index contributed by atoms with van der Waals surface area (Å²) in [6, 6.07) is 9.16. The molecule has 0 saturated carbocycles. The standard InChI is InChI=1S/C18H24N2O5/c1-13(6-7-21)10-19-18(22)17-9-16(25-20-17)12-24-11-14-4-3-5-15(8-14)23-2/h3-5,8-9,13,21H,6-7,10-12H2,1-2H3,(H,19,22). The third kappa shape index (κ3) is 6.21. The number of carbonyl (C=O) groups is 1. The van der Waals surface area contributed by atoms with E-state index in [-0.39, 0.29) is 30.7 Å². The first-order chi connectivity index (χ1) is 12.1. The second-order valence-corrected chi connectivity index (χ2v) is 5.85. The average Bonchev–Trinajstić information content (AvgIpc) is 3.09. The van der Waals surface area contributed by atoms with Gasteiger partial charge in [0.1, 0.15) is 12.4 Å². The molecule has 0 spiro atoms. The van der Waals surface area contributed by atoms with Gasteiger partial charge < -0.3 is 24.4 Å². The summed E-state index contributed by atoms with van der Waals surface area (Å²) in [5.74, 6) is 1.16. The molecule has 0 saturated heterocycles. The van der Waals surface area contributed by atoms with Crippen LogP contribution in [0.1, 0.15) is 35.2 Å². The lowest BCUT2D eigenvalue weighted by atomic mass is 10.1. The summed E-state index contributed by atoms with van der Waals surface area (Å²) in [5, 5.41) is 15.4. The topological polar surface area (TPSA) is 93.8 Å². The van der Waals surface area contributed by atoms with Gasteiger partial charge in [0.25, 0.3) is 5.91 Å². The first kappa shape index (κ1) is 19.0. The molecule has 0 aliphatic heterocycles. The Morgan fingerprint density at radius 1 is 1.36 bits per heavy atom. The van der Waals surface area contributed by atoms with E-state index in [1.807, 2.05) is 31.2 Å². The summed E-state index contributed by atoms with van der Waals surface area (Å²) >= 11 is 0. The second-order valence-electron chi connectivity index (χ2n) is 5.85. The maximum absolute atomic E-state index is 12.0. The Kier molecular flexibility index (Phi) is 7.43. The molecule has 2 aromatic rings. The van der Waals surface area contributed by atoms with Crippen LogP contribution in [-0.2, 0) is 18.0 Å². The maximum Gasteiger partial charge on any atom is 0.273 e. The molecule has 7 nitrogen and oxygen atoms in total. The minimum absolute atomic E-state index is 0.107. The van der Waals surface area contributed by atoms with Gasteiger partial charge >= 0.3 is 0 Å². The van der Waals surface area contributed by atoms with Gasteiger partial charge in [-0.25, -0.2) is 0 Å². The fourth-order valence-electron chi connectivity index (χ4n) is 2.20. The van der Waals surface area contributed by atoms with Gasteiger partial charge in [0, 0.05) is 19.2 Å². The number of carbonyl (C=O) groups excluding carboxylic acids is 1. The Morgan fingerprint density at radius 3 is 2.96 bits per heavy atom. The predicted octanol–water partition coefficient (Wildman–Crippen LogP) is 2.15. The Bertz CT molecular complexity index is 671. The summed E-state index contributed by atoms with van der Waals surface area (Å²) < 4.78 is 15.9. The van der Waals surface area contributed by atoms with Gasteiger partial charge in [0.05, 0.1) is 13.7 Å². The van der Waals surface area contributed by atoms with Crippen LogP contribution in [0.4, 0.5) is 0 Å². The van der Waals surface area contributed by atoms with Crippen LogP contribution in [0.15, 0.2) is 34.9 Å². The Labute approximate surface area is 146 Å². The molecule has 0 aliphatic rings. The molecule has 1 atom stereocenters. The minimum Gasteiger partial charge on any atom is -0.497 e. The number of benzene rings is 1. The number of nitrogens with zero attached hydrogens (tertiary/aromatic N) is 1. The fourth-order valence-corrected chi connectivity index (χ4v) is 2.20. The van der Waals surface area contributed by atoms with Crippen molar-refractivity contribution >= 4 is 5.91 Å². The molecule has 1 aromatic heterocycles. The molecule has 2 rings (SSSR count). The Hall–Kier alpha value is -2.38. The molecule has 136 valence electrons. The fraction of sp³-hybridized carbons (Fsp3) is 0.444. The van der Waals surface area contributed by atoms with E-state index in [9.17, 15) is 4.79 Å². The van der Waals surface area contributed by atoms with E-state index in [1.165, 1.54) is 0 Å². The monoisotopic (exact) mass is 348 g/mol. The lowest BCUT2D eigenvalue weighted by Crippen LogP contribution is -2.28. The summed E-state index contributed by atoms with van der Waals surface area (Å²) in [6.07, 6.45) is 0.641. The summed E-state index contributed by atoms with van der Waals surface area (Å²) in [5.41, 5.74) is 1.20. The van der Waals surface area contributed by atoms with E-state index in [0.29, 0.717) is 25.3 Å². The van der Waals surface area contributed by atoms with Crippen LogP contribution >= 0.6 is 0 Å². The zero-order valence-electron chi connectivity index (χ0n) is 14.5.